The molecule has 12 heavy (non-hydrogen) atoms. The molecule has 72 valence electrons. The van der Waals surface area contributed by atoms with E-state index in [9.17, 15) is 8.78 Å². The average Bonchev–Trinajstić information content (AvgIpc) is 2.01. The molecule has 0 spiro atoms. The van der Waals surface area contributed by atoms with Crippen LogP contribution in [0.1, 0.15) is 6.92 Å². The van der Waals surface area contributed by atoms with Crippen molar-refractivity contribution in [2.24, 2.45) is 0 Å². The van der Waals surface area contributed by atoms with Gasteiger partial charge in [0.05, 0.1) is 18.8 Å². The second-order valence-electron chi connectivity index (χ2n) is 2.82. The number of ether oxygens (including phenoxy) is 2. The Kier molecular flexibility index (Phi) is 3.84. The van der Waals surface area contributed by atoms with Crippen molar-refractivity contribution < 1.29 is 18.3 Å². The Morgan fingerprint density at radius 3 is 2.92 bits per heavy atom. The third-order valence-electron chi connectivity index (χ3n) is 1.64. The number of halogens is 2. The van der Waals surface area contributed by atoms with Gasteiger partial charge < -0.3 is 14.8 Å². The highest BCUT2D eigenvalue weighted by atomic mass is 19.3. The monoisotopic (exact) mass is 181 g/mol. The van der Waals surface area contributed by atoms with Crippen molar-refractivity contribution in [3.8, 4) is 0 Å². The van der Waals surface area contributed by atoms with Crippen LogP contribution in [0.25, 0.3) is 0 Å². The summed E-state index contributed by atoms with van der Waals surface area (Å²) in [7, 11) is 0. The van der Waals surface area contributed by atoms with Crippen LogP contribution in [0.5, 0.6) is 0 Å². The minimum absolute atomic E-state index is 0.0466. The maximum atomic E-state index is 11.6. The molecule has 0 aromatic heterocycles. The van der Waals surface area contributed by atoms with E-state index in [1.54, 1.807) is 0 Å². The molecule has 1 aliphatic rings. The Balaban J connectivity index is 2.14. The van der Waals surface area contributed by atoms with Gasteiger partial charge in [-0.2, -0.15) is 8.78 Å². The molecule has 0 aromatic rings. The quantitative estimate of drug-likeness (QED) is 0.691. The van der Waals surface area contributed by atoms with Crippen molar-refractivity contribution in [2.75, 3.05) is 19.7 Å². The molecule has 0 saturated carbocycles. The van der Waals surface area contributed by atoms with Gasteiger partial charge in [-0.25, -0.2) is 0 Å². The number of rotatable bonds is 3. The van der Waals surface area contributed by atoms with Crippen LogP contribution < -0.4 is 5.32 Å². The van der Waals surface area contributed by atoms with E-state index < -0.39 is 6.61 Å². The largest absolute Gasteiger partial charge is 0.370 e. The number of hydrogen-bond acceptors (Lipinski definition) is 3. The Labute approximate surface area is 70.0 Å². The normalized spacial score (nSPS) is 31.0. The average molecular weight is 181 g/mol. The summed E-state index contributed by atoms with van der Waals surface area (Å²) in [4.78, 5) is 0. The van der Waals surface area contributed by atoms with E-state index in [1.165, 1.54) is 0 Å². The van der Waals surface area contributed by atoms with E-state index in [2.05, 4.69) is 10.1 Å². The number of hydrogen-bond donors (Lipinski definition) is 1. The molecular weight excluding hydrogens is 168 g/mol. The van der Waals surface area contributed by atoms with Crippen molar-refractivity contribution >= 4 is 0 Å². The summed E-state index contributed by atoms with van der Waals surface area (Å²) in [5.74, 6) is 0. The van der Waals surface area contributed by atoms with Gasteiger partial charge >= 0.3 is 6.61 Å². The number of morpholine rings is 1. The van der Waals surface area contributed by atoms with Crippen molar-refractivity contribution in [1.82, 2.24) is 5.32 Å². The molecule has 0 aliphatic carbocycles. The first kappa shape index (κ1) is 9.83. The van der Waals surface area contributed by atoms with Crippen LogP contribution in [-0.2, 0) is 9.47 Å². The van der Waals surface area contributed by atoms with Crippen LogP contribution in [0.3, 0.4) is 0 Å². The van der Waals surface area contributed by atoms with Gasteiger partial charge in [0.1, 0.15) is 0 Å². The SMILES string of the molecule is C[C@H]1CNC[C@H](COC(F)F)O1. The lowest BCUT2D eigenvalue weighted by atomic mass is 10.2. The number of nitrogens with one attached hydrogen (secondary N) is 1. The van der Waals surface area contributed by atoms with Crippen LogP contribution in [0.2, 0.25) is 0 Å². The Morgan fingerprint density at radius 1 is 1.58 bits per heavy atom. The van der Waals surface area contributed by atoms with E-state index in [-0.39, 0.29) is 18.8 Å². The standard InChI is InChI=1S/C7H13F2NO2/c1-5-2-10-3-6(12-5)4-11-7(8)9/h5-7,10H,2-4H2,1H3/t5-,6+/m0/s1. The summed E-state index contributed by atoms with van der Waals surface area (Å²) in [5.41, 5.74) is 0. The zero-order valence-electron chi connectivity index (χ0n) is 6.93. The predicted octanol–water partition coefficient (Wildman–Crippen LogP) is 0.602. The maximum absolute atomic E-state index is 11.6. The van der Waals surface area contributed by atoms with Crippen LogP contribution in [0.15, 0.2) is 0 Å². The summed E-state index contributed by atoms with van der Waals surface area (Å²) in [6, 6.07) is 0. The van der Waals surface area contributed by atoms with E-state index in [0.717, 1.165) is 6.54 Å². The fourth-order valence-electron chi connectivity index (χ4n) is 1.15. The highest BCUT2D eigenvalue weighted by Crippen LogP contribution is 2.05. The molecule has 3 nitrogen and oxygen atoms in total. The Morgan fingerprint density at radius 2 is 2.33 bits per heavy atom. The lowest BCUT2D eigenvalue weighted by Gasteiger charge is -2.28. The summed E-state index contributed by atoms with van der Waals surface area (Å²) in [6.45, 7) is 0.490. The van der Waals surface area contributed by atoms with E-state index in [1.807, 2.05) is 6.92 Å². The third kappa shape index (κ3) is 3.42. The number of alkyl halides is 2. The van der Waals surface area contributed by atoms with Gasteiger partial charge in [-0.15, -0.1) is 0 Å². The molecule has 1 fully saturated rings. The van der Waals surface area contributed by atoms with Gasteiger partial charge in [0.25, 0.3) is 0 Å². The summed E-state index contributed by atoms with van der Waals surface area (Å²) >= 11 is 0. The van der Waals surface area contributed by atoms with Crippen molar-refractivity contribution in [2.45, 2.75) is 25.7 Å². The van der Waals surface area contributed by atoms with Gasteiger partial charge in [0.2, 0.25) is 0 Å². The fraction of sp³-hybridized carbons (Fsp3) is 1.00. The van der Waals surface area contributed by atoms with Gasteiger partial charge in [-0.3, -0.25) is 0 Å². The molecule has 1 aliphatic heterocycles. The second kappa shape index (κ2) is 4.69. The van der Waals surface area contributed by atoms with Crippen molar-refractivity contribution in [3.63, 3.8) is 0 Å². The molecule has 2 atom stereocenters. The second-order valence-corrected chi connectivity index (χ2v) is 2.82. The van der Waals surface area contributed by atoms with Crippen LogP contribution in [0.4, 0.5) is 8.78 Å². The minimum Gasteiger partial charge on any atom is -0.370 e. The van der Waals surface area contributed by atoms with Gasteiger partial charge in [0.15, 0.2) is 0 Å². The summed E-state index contributed by atoms with van der Waals surface area (Å²) < 4.78 is 32.6. The topological polar surface area (TPSA) is 30.5 Å². The molecule has 5 heteroatoms. The highest BCUT2D eigenvalue weighted by Gasteiger charge is 2.19. The van der Waals surface area contributed by atoms with Gasteiger partial charge in [0, 0.05) is 13.1 Å². The van der Waals surface area contributed by atoms with Crippen LogP contribution in [0, 0.1) is 0 Å². The molecule has 1 rings (SSSR count). The van der Waals surface area contributed by atoms with Crippen LogP contribution >= 0.6 is 0 Å². The molecule has 1 N–H and O–H groups in total. The predicted molar refractivity (Wildman–Crippen MR) is 39.2 cm³/mol. The Hall–Kier alpha value is -0.260. The van der Waals surface area contributed by atoms with E-state index in [4.69, 9.17) is 4.74 Å². The smallest absolute Gasteiger partial charge is 0.345 e. The highest BCUT2D eigenvalue weighted by molar-refractivity contribution is 4.70. The Bertz CT molecular complexity index is 135. The zero-order valence-corrected chi connectivity index (χ0v) is 6.93. The zero-order chi connectivity index (χ0) is 8.97. The third-order valence-corrected chi connectivity index (χ3v) is 1.64. The van der Waals surface area contributed by atoms with Crippen molar-refractivity contribution in [3.05, 3.63) is 0 Å². The molecule has 0 amide bonds. The lowest BCUT2D eigenvalue weighted by Crippen LogP contribution is -2.45. The summed E-state index contributed by atoms with van der Waals surface area (Å²) in [5, 5.41) is 3.06. The molecule has 0 aromatic carbocycles. The molecule has 0 radical (unpaired) electrons. The first-order chi connectivity index (χ1) is 5.68. The molecular formula is C7H13F2NO2. The summed E-state index contributed by atoms with van der Waals surface area (Å²) in [6.07, 6.45) is -0.173. The van der Waals surface area contributed by atoms with Gasteiger partial charge in [-0.1, -0.05) is 0 Å². The van der Waals surface area contributed by atoms with E-state index >= 15 is 0 Å². The lowest BCUT2D eigenvalue weighted by molar-refractivity contribution is -0.165. The first-order valence-electron chi connectivity index (χ1n) is 3.94. The van der Waals surface area contributed by atoms with E-state index in [0.29, 0.717) is 6.54 Å². The maximum Gasteiger partial charge on any atom is 0.345 e. The first-order valence-corrected chi connectivity index (χ1v) is 3.94. The molecule has 1 heterocycles. The minimum atomic E-state index is -2.70. The molecule has 0 bridgehead atoms. The molecule has 0 unspecified atom stereocenters. The van der Waals surface area contributed by atoms with Crippen LogP contribution in [-0.4, -0.2) is 38.5 Å². The molecule has 1 saturated heterocycles. The van der Waals surface area contributed by atoms with Gasteiger partial charge in [-0.05, 0) is 6.92 Å². The fourth-order valence-corrected chi connectivity index (χ4v) is 1.15. The van der Waals surface area contributed by atoms with Crippen molar-refractivity contribution in [1.29, 1.82) is 0 Å².